The third-order valence-electron chi connectivity index (χ3n) is 5.71. The second-order valence-electron chi connectivity index (χ2n) is 9.61. The molecule has 0 spiro atoms. The van der Waals surface area contributed by atoms with Crippen molar-refractivity contribution in [1.29, 1.82) is 0 Å². The molecule has 0 heterocycles. The highest BCUT2D eigenvalue weighted by Crippen LogP contribution is 2.39. The molecule has 1 aromatic rings. The first kappa shape index (κ1) is 27.0. The van der Waals surface area contributed by atoms with Crippen LogP contribution in [-0.4, -0.2) is 43.1 Å². The minimum absolute atomic E-state index is 0.182. The minimum atomic E-state index is -4.83. The fourth-order valence-electron chi connectivity index (χ4n) is 3.96. The third kappa shape index (κ3) is 6.66. The largest absolute Gasteiger partial charge is 0.480 e. The Balaban J connectivity index is 2.37. The molecule has 0 radical (unpaired) electrons. The number of alkyl halides is 4. The van der Waals surface area contributed by atoms with Gasteiger partial charge < -0.3 is 5.11 Å². The molecule has 0 bridgehead atoms. The van der Waals surface area contributed by atoms with Crippen LogP contribution in [0.5, 0.6) is 0 Å². The van der Waals surface area contributed by atoms with Gasteiger partial charge in [0.15, 0.2) is 9.84 Å². The highest BCUT2D eigenvalue weighted by molar-refractivity contribution is 7.94. The Morgan fingerprint density at radius 3 is 2.06 bits per heavy atom. The number of hydrogen-bond donors (Lipinski definition) is 2. The molecule has 1 aliphatic rings. The molecule has 3 atom stereocenters. The normalized spacial score (nSPS) is 22.4. The van der Waals surface area contributed by atoms with Gasteiger partial charge in [0.25, 0.3) is 0 Å². The van der Waals surface area contributed by atoms with Crippen molar-refractivity contribution in [3.05, 3.63) is 58.5 Å². The first-order valence-corrected chi connectivity index (χ1v) is 12.1. The maximum absolute atomic E-state index is 14.2. The van der Waals surface area contributed by atoms with E-state index in [0.717, 1.165) is 27.0 Å². The predicted molar refractivity (Wildman–Crippen MR) is 118 cm³/mol. The van der Waals surface area contributed by atoms with Crippen molar-refractivity contribution in [2.24, 2.45) is 0 Å². The van der Waals surface area contributed by atoms with Crippen LogP contribution in [0.4, 0.5) is 17.6 Å². The van der Waals surface area contributed by atoms with E-state index in [9.17, 15) is 35.9 Å². The fourth-order valence-corrected chi connectivity index (χ4v) is 4.66. The van der Waals surface area contributed by atoms with E-state index in [1.807, 2.05) is 6.92 Å². The Morgan fingerprint density at radius 1 is 1.15 bits per heavy atom. The van der Waals surface area contributed by atoms with Gasteiger partial charge in [0.2, 0.25) is 0 Å². The molecular weight excluding hydrogens is 462 g/mol. The van der Waals surface area contributed by atoms with Gasteiger partial charge in [-0.1, -0.05) is 43.3 Å². The van der Waals surface area contributed by atoms with Crippen LogP contribution in [-0.2, 0) is 20.0 Å². The van der Waals surface area contributed by atoms with Gasteiger partial charge in [0.1, 0.15) is 17.2 Å². The van der Waals surface area contributed by atoms with Crippen molar-refractivity contribution < 1.29 is 35.9 Å². The number of sulfone groups is 1. The minimum Gasteiger partial charge on any atom is -0.480 e. The summed E-state index contributed by atoms with van der Waals surface area (Å²) >= 11 is 0. The highest BCUT2D eigenvalue weighted by atomic mass is 32.2. The third-order valence-corrected chi connectivity index (χ3v) is 6.87. The van der Waals surface area contributed by atoms with E-state index in [1.165, 1.54) is 30.3 Å². The van der Waals surface area contributed by atoms with Gasteiger partial charge >= 0.3 is 12.1 Å². The van der Waals surface area contributed by atoms with Crippen LogP contribution in [0.2, 0.25) is 0 Å². The van der Waals surface area contributed by atoms with Gasteiger partial charge in [-0.15, -0.1) is 0 Å². The summed E-state index contributed by atoms with van der Waals surface area (Å²) in [5, 5.41) is 11.7. The average molecular weight is 492 g/mol. The Kier molecular flexibility index (Phi) is 7.27. The highest BCUT2D eigenvalue weighted by Gasteiger charge is 2.48. The monoisotopic (exact) mass is 491 g/mol. The maximum atomic E-state index is 14.2. The topological polar surface area (TPSA) is 83.5 Å². The van der Waals surface area contributed by atoms with Crippen molar-refractivity contribution in [2.75, 3.05) is 6.26 Å². The second kappa shape index (κ2) is 8.87. The lowest BCUT2D eigenvalue weighted by molar-refractivity contribution is -0.170. The Labute approximate surface area is 191 Å². The molecule has 10 heteroatoms. The van der Waals surface area contributed by atoms with Crippen LogP contribution < -0.4 is 5.32 Å². The Morgan fingerprint density at radius 2 is 1.70 bits per heavy atom. The first-order valence-electron chi connectivity index (χ1n) is 10.2. The van der Waals surface area contributed by atoms with Crippen LogP contribution in [0.3, 0.4) is 0 Å². The average Bonchev–Trinajstić information content (AvgIpc) is 2.63. The van der Waals surface area contributed by atoms with Crippen LogP contribution in [0.25, 0.3) is 0 Å². The van der Waals surface area contributed by atoms with E-state index in [0.29, 0.717) is 12.0 Å². The molecule has 0 saturated carbocycles. The molecule has 2 N–H and O–H groups in total. The second-order valence-corrected chi connectivity index (χ2v) is 11.6. The summed E-state index contributed by atoms with van der Waals surface area (Å²) in [6, 6.07) is 3.16. The van der Waals surface area contributed by atoms with E-state index in [2.05, 4.69) is 5.32 Å². The number of carboxylic acids is 1. The molecule has 2 rings (SSSR count). The lowest BCUT2D eigenvalue weighted by Crippen LogP contribution is -2.56. The van der Waals surface area contributed by atoms with E-state index in [4.69, 9.17) is 0 Å². The van der Waals surface area contributed by atoms with Crippen LogP contribution in [0.1, 0.15) is 57.7 Å². The van der Waals surface area contributed by atoms with Gasteiger partial charge in [-0.05, 0) is 44.4 Å². The van der Waals surface area contributed by atoms with Crippen LogP contribution >= 0.6 is 0 Å². The number of aliphatic carboxylic acids is 1. The SMILES string of the molecule is CC(C)(F)CC(C)(N[C@@H](c1ccc(C2(C)C=CC(S(C)(=O)=O)=CC2)cc1)C(F)(F)F)C(=O)O. The predicted octanol–water partition coefficient (Wildman–Crippen LogP) is 5.01. The molecule has 184 valence electrons. The van der Waals surface area contributed by atoms with Crippen LogP contribution in [0.15, 0.2) is 47.4 Å². The van der Waals surface area contributed by atoms with Crippen molar-refractivity contribution >= 4 is 15.8 Å². The number of benzene rings is 1. The van der Waals surface area contributed by atoms with Gasteiger partial charge in [-0.25, -0.2) is 12.8 Å². The molecule has 5 nitrogen and oxygen atoms in total. The number of allylic oxidation sites excluding steroid dienone is 3. The maximum Gasteiger partial charge on any atom is 0.407 e. The summed E-state index contributed by atoms with van der Waals surface area (Å²) in [5.41, 5.74) is -4.35. The Hall–Kier alpha value is -2.20. The van der Waals surface area contributed by atoms with Crippen molar-refractivity contribution in [1.82, 2.24) is 5.32 Å². The zero-order valence-corrected chi connectivity index (χ0v) is 19.9. The standard InChI is InChI=1S/C23H29F4NO4S/c1-20(2,24)14-22(4,19(29)30)28-18(23(25,26)27)15-6-8-16(9-7-15)21(3)12-10-17(11-13-21)33(5,31)32/h6-12,18,28H,13-14H2,1-5H3,(H,29,30)/t18-,21?,22?/m0/s1. The van der Waals surface area contributed by atoms with Gasteiger partial charge in [-0.2, -0.15) is 13.2 Å². The number of hydrogen-bond acceptors (Lipinski definition) is 4. The molecule has 1 aliphatic carbocycles. The number of carboxylic acid groups (broad SMARTS) is 1. The molecule has 1 aromatic carbocycles. The van der Waals surface area contributed by atoms with E-state index in [1.54, 1.807) is 12.2 Å². The molecule has 0 saturated heterocycles. The smallest absolute Gasteiger partial charge is 0.407 e. The number of nitrogens with one attached hydrogen (secondary N) is 1. The summed E-state index contributed by atoms with van der Waals surface area (Å²) < 4.78 is 79.2. The fraction of sp³-hybridized carbons (Fsp3) is 0.522. The van der Waals surface area contributed by atoms with Gasteiger partial charge in [0, 0.05) is 18.1 Å². The molecule has 0 amide bonds. The quantitative estimate of drug-likeness (QED) is 0.500. The molecule has 0 fully saturated rings. The van der Waals surface area contributed by atoms with E-state index >= 15 is 0 Å². The van der Waals surface area contributed by atoms with Crippen molar-refractivity contribution in [3.8, 4) is 0 Å². The molecule has 0 aliphatic heterocycles. The van der Waals surface area contributed by atoms with Gasteiger partial charge in [-0.3, -0.25) is 10.1 Å². The number of halogens is 4. The van der Waals surface area contributed by atoms with Crippen molar-refractivity contribution in [3.63, 3.8) is 0 Å². The zero-order valence-electron chi connectivity index (χ0n) is 19.1. The van der Waals surface area contributed by atoms with E-state index < -0.39 is 51.1 Å². The summed E-state index contributed by atoms with van der Waals surface area (Å²) in [6.45, 7) is 5.08. The Bertz CT molecular complexity index is 1060. The molecule has 2 unspecified atom stereocenters. The van der Waals surface area contributed by atoms with Crippen LogP contribution in [0, 0.1) is 0 Å². The summed E-state index contributed by atoms with van der Waals surface area (Å²) in [4.78, 5) is 11.9. The summed E-state index contributed by atoms with van der Waals surface area (Å²) in [5.74, 6) is -1.59. The molecular formula is C23H29F4NO4S. The van der Waals surface area contributed by atoms with E-state index in [-0.39, 0.29) is 10.5 Å². The zero-order chi connectivity index (χ0) is 25.5. The lowest BCUT2D eigenvalue weighted by Gasteiger charge is -2.36. The first-order chi connectivity index (χ1) is 14.8. The molecule has 0 aromatic heterocycles. The van der Waals surface area contributed by atoms with Gasteiger partial charge in [0.05, 0.1) is 4.91 Å². The number of carbonyl (C=O) groups is 1. The summed E-state index contributed by atoms with van der Waals surface area (Å²) in [7, 11) is -3.36. The summed E-state index contributed by atoms with van der Waals surface area (Å²) in [6.07, 6.45) is 0.680. The number of rotatable bonds is 8. The molecule has 33 heavy (non-hydrogen) atoms. The van der Waals surface area contributed by atoms with Crippen molar-refractivity contribution in [2.45, 2.75) is 69.4 Å². The lowest BCUT2D eigenvalue weighted by atomic mass is 9.77.